The highest BCUT2D eigenvalue weighted by Crippen LogP contribution is 2.24. The molecule has 0 radical (unpaired) electrons. The second kappa shape index (κ2) is 13.9. The Labute approximate surface area is 212 Å². The van der Waals surface area contributed by atoms with Crippen molar-refractivity contribution >= 4 is 52.8 Å². The van der Waals surface area contributed by atoms with Gasteiger partial charge in [0, 0.05) is 25.3 Å². The van der Waals surface area contributed by atoms with Crippen LogP contribution in [-0.2, 0) is 17.9 Å². The Balaban J connectivity index is 1.97. The molecule has 2 rings (SSSR count). The number of hydrogen-bond donors (Lipinski definition) is 7. The van der Waals surface area contributed by atoms with E-state index in [-0.39, 0.29) is 23.4 Å². The van der Waals surface area contributed by atoms with Crippen LogP contribution in [0.1, 0.15) is 24.0 Å². The minimum absolute atomic E-state index is 0.0502. The zero-order valence-corrected chi connectivity index (χ0v) is 20.3. The number of hydrogen-bond acceptors (Lipinski definition) is 4. The quantitative estimate of drug-likeness (QED) is 0.134. The van der Waals surface area contributed by atoms with Crippen LogP contribution in [0.4, 0.5) is 15.3 Å². The Morgan fingerprint density at radius 1 is 0.886 bits per heavy atom. The molecule has 0 bridgehead atoms. The van der Waals surface area contributed by atoms with E-state index in [9.17, 15) is 14.4 Å². The minimum atomic E-state index is -0.842. The molecule has 0 aromatic heterocycles. The van der Waals surface area contributed by atoms with Gasteiger partial charge in [0.05, 0.1) is 10.0 Å². The third-order valence-corrected chi connectivity index (χ3v) is 5.44. The number of nitrogens with one attached hydrogen (secondary N) is 4. The molecule has 13 heteroatoms. The highest BCUT2D eigenvalue weighted by atomic mass is 35.5. The van der Waals surface area contributed by atoms with Crippen LogP contribution in [0.5, 0.6) is 0 Å². The van der Waals surface area contributed by atoms with Crippen molar-refractivity contribution in [3.05, 3.63) is 63.6 Å². The fourth-order valence-corrected chi connectivity index (χ4v) is 3.25. The third-order valence-electron chi connectivity index (χ3n) is 4.70. The van der Waals surface area contributed by atoms with Crippen LogP contribution in [0, 0.1) is 0 Å². The summed E-state index contributed by atoms with van der Waals surface area (Å²) in [7, 11) is 0. The van der Waals surface area contributed by atoms with Gasteiger partial charge in [0.2, 0.25) is 5.91 Å². The number of urea groups is 2. The first-order valence-corrected chi connectivity index (χ1v) is 11.4. The lowest BCUT2D eigenvalue weighted by atomic mass is 10.1. The topological polar surface area (TPSA) is 190 Å². The Kier molecular flexibility index (Phi) is 10.9. The number of carbonyl (C=O) groups excluding carboxylic acids is 3. The number of nitrogens with zero attached hydrogens (tertiary/aromatic N) is 1. The monoisotopic (exact) mass is 522 g/mol. The fourth-order valence-electron chi connectivity index (χ4n) is 2.95. The summed E-state index contributed by atoms with van der Waals surface area (Å²) in [6.45, 7) is 0.851. The lowest BCUT2D eigenvalue weighted by Crippen LogP contribution is -2.48. The highest BCUT2D eigenvalue weighted by molar-refractivity contribution is 6.42. The van der Waals surface area contributed by atoms with Gasteiger partial charge in [0.25, 0.3) is 0 Å². The molecule has 0 saturated heterocycles. The van der Waals surface area contributed by atoms with Gasteiger partial charge in [0.15, 0.2) is 5.96 Å². The van der Waals surface area contributed by atoms with Gasteiger partial charge in [-0.2, -0.15) is 0 Å². The largest absolute Gasteiger partial charge is 0.370 e. The van der Waals surface area contributed by atoms with Gasteiger partial charge in [-0.3, -0.25) is 9.79 Å². The van der Waals surface area contributed by atoms with E-state index in [2.05, 4.69) is 26.3 Å². The van der Waals surface area contributed by atoms with Crippen LogP contribution < -0.4 is 38.5 Å². The van der Waals surface area contributed by atoms with Crippen molar-refractivity contribution in [1.82, 2.24) is 16.0 Å². The second-order valence-corrected chi connectivity index (χ2v) is 8.30. The number of guanidine groups is 1. The smallest absolute Gasteiger partial charge is 0.319 e. The second-order valence-electron chi connectivity index (χ2n) is 7.48. The molecule has 35 heavy (non-hydrogen) atoms. The number of aliphatic imine (C=N–C) groups is 1. The summed E-state index contributed by atoms with van der Waals surface area (Å²) in [6, 6.07) is 9.86. The van der Waals surface area contributed by atoms with Crippen LogP contribution in [0.25, 0.3) is 0 Å². The Hall–Kier alpha value is -3.70. The van der Waals surface area contributed by atoms with Crippen molar-refractivity contribution in [3.63, 3.8) is 0 Å². The number of rotatable bonds is 11. The molecule has 0 heterocycles. The summed E-state index contributed by atoms with van der Waals surface area (Å²) >= 11 is 11.9. The molecule has 10 N–H and O–H groups in total. The molecule has 0 aliphatic rings. The van der Waals surface area contributed by atoms with E-state index in [4.69, 9.17) is 40.4 Å². The van der Waals surface area contributed by atoms with Crippen LogP contribution >= 0.6 is 23.2 Å². The van der Waals surface area contributed by atoms with E-state index in [1.165, 1.54) is 6.07 Å². The number of benzene rings is 2. The molecule has 2 aromatic carbocycles. The van der Waals surface area contributed by atoms with Crippen molar-refractivity contribution in [2.75, 3.05) is 11.9 Å². The summed E-state index contributed by atoms with van der Waals surface area (Å²) in [5.41, 5.74) is 17.9. The number of anilines is 1. The first-order chi connectivity index (χ1) is 16.6. The van der Waals surface area contributed by atoms with Crippen molar-refractivity contribution in [3.8, 4) is 0 Å². The van der Waals surface area contributed by atoms with Gasteiger partial charge < -0.3 is 38.5 Å². The van der Waals surface area contributed by atoms with E-state index in [1.54, 1.807) is 12.1 Å². The molecule has 1 atom stereocenters. The van der Waals surface area contributed by atoms with E-state index < -0.39 is 18.1 Å². The zero-order valence-electron chi connectivity index (χ0n) is 18.8. The number of halogens is 2. The maximum Gasteiger partial charge on any atom is 0.319 e. The Bertz CT molecular complexity index is 1060. The molecule has 0 spiro atoms. The predicted molar refractivity (Wildman–Crippen MR) is 137 cm³/mol. The molecule has 11 nitrogen and oxygen atoms in total. The molecule has 0 aliphatic heterocycles. The maximum atomic E-state index is 12.8. The third kappa shape index (κ3) is 10.4. The van der Waals surface area contributed by atoms with Crippen molar-refractivity contribution in [1.29, 1.82) is 0 Å². The van der Waals surface area contributed by atoms with Crippen molar-refractivity contribution < 1.29 is 14.4 Å². The first kappa shape index (κ1) is 27.5. The lowest BCUT2D eigenvalue weighted by molar-refractivity contribution is -0.123. The SMILES string of the molecule is NC(=O)NCc1ccc(CNC(=O)[C@@H](CCCN=C(N)N)NC(=O)Nc2ccc(Cl)c(Cl)c2)cc1. The number of primary amides is 1. The summed E-state index contributed by atoms with van der Waals surface area (Å²) in [5, 5.41) is 11.2. The van der Waals surface area contributed by atoms with Gasteiger partial charge in [-0.15, -0.1) is 0 Å². The summed E-state index contributed by atoms with van der Waals surface area (Å²) in [4.78, 5) is 40.1. The molecule has 0 aliphatic carbocycles. The Morgan fingerprint density at radius 3 is 2.09 bits per heavy atom. The van der Waals surface area contributed by atoms with Crippen molar-refractivity contribution in [2.45, 2.75) is 32.0 Å². The van der Waals surface area contributed by atoms with Gasteiger partial charge in [-0.1, -0.05) is 47.5 Å². The fraction of sp³-hybridized carbons (Fsp3) is 0.273. The van der Waals surface area contributed by atoms with E-state index in [0.29, 0.717) is 36.6 Å². The summed E-state index contributed by atoms with van der Waals surface area (Å²) < 4.78 is 0. The van der Waals surface area contributed by atoms with Crippen LogP contribution in [0.2, 0.25) is 10.0 Å². The minimum Gasteiger partial charge on any atom is -0.370 e. The average molecular weight is 523 g/mol. The first-order valence-electron chi connectivity index (χ1n) is 10.6. The predicted octanol–water partition coefficient (Wildman–Crippen LogP) is 2.02. The Morgan fingerprint density at radius 2 is 1.51 bits per heavy atom. The highest BCUT2D eigenvalue weighted by Gasteiger charge is 2.20. The molecule has 0 unspecified atom stereocenters. The number of nitrogens with two attached hydrogens (primary N) is 3. The maximum absolute atomic E-state index is 12.8. The molecule has 188 valence electrons. The number of amides is 5. The van der Waals surface area contributed by atoms with Gasteiger partial charge in [-0.25, -0.2) is 9.59 Å². The number of carbonyl (C=O) groups is 3. The van der Waals surface area contributed by atoms with Gasteiger partial charge in [0.1, 0.15) is 6.04 Å². The molecule has 5 amide bonds. The van der Waals surface area contributed by atoms with E-state index in [1.807, 2.05) is 24.3 Å². The standard InChI is InChI=1S/C22H28Cl2N8O3/c23-16-8-7-15(10-17(16)24)31-22(35)32-18(2-1-9-28-20(25)26)19(33)29-11-13-3-5-14(6-4-13)12-30-21(27)34/h3-8,10,18H,1-2,9,11-12H2,(H,29,33)(H4,25,26,28)(H3,27,30,34)(H2,31,32,35)/t18-/m1/s1. The molecule has 0 saturated carbocycles. The summed E-state index contributed by atoms with van der Waals surface area (Å²) in [5.74, 6) is -0.427. The molecular formula is C22H28Cl2N8O3. The van der Waals surface area contributed by atoms with Gasteiger partial charge >= 0.3 is 12.1 Å². The average Bonchev–Trinajstić information content (AvgIpc) is 2.81. The normalized spacial score (nSPS) is 11.1. The van der Waals surface area contributed by atoms with Crippen LogP contribution in [-0.4, -0.2) is 36.5 Å². The van der Waals surface area contributed by atoms with Crippen LogP contribution in [0.15, 0.2) is 47.5 Å². The molecule has 0 fully saturated rings. The van der Waals surface area contributed by atoms with Gasteiger partial charge in [-0.05, 0) is 42.2 Å². The van der Waals surface area contributed by atoms with Crippen LogP contribution in [0.3, 0.4) is 0 Å². The van der Waals surface area contributed by atoms with Crippen molar-refractivity contribution in [2.24, 2.45) is 22.2 Å². The molecular weight excluding hydrogens is 495 g/mol. The zero-order chi connectivity index (χ0) is 25.8. The summed E-state index contributed by atoms with van der Waals surface area (Å²) in [6.07, 6.45) is 0.764. The van der Waals surface area contributed by atoms with E-state index in [0.717, 1.165) is 11.1 Å². The van der Waals surface area contributed by atoms with E-state index >= 15 is 0 Å². The molecule has 2 aromatic rings. The lowest BCUT2D eigenvalue weighted by Gasteiger charge is -2.19.